The van der Waals surface area contributed by atoms with Gasteiger partial charge in [-0.25, -0.2) is 4.98 Å². The Balaban J connectivity index is 2.07. The highest BCUT2D eigenvalue weighted by Gasteiger charge is 1.96. The number of imidazole rings is 1. The van der Waals surface area contributed by atoms with E-state index in [-0.39, 0.29) is 0 Å². The quantitative estimate of drug-likeness (QED) is 0.548. The van der Waals surface area contributed by atoms with Crippen molar-refractivity contribution in [3.05, 3.63) is 30.4 Å². The fourth-order valence-corrected chi connectivity index (χ4v) is 1.31. The summed E-state index contributed by atoms with van der Waals surface area (Å²) in [6.07, 6.45) is 10.2. The van der Waals surface area contributed by atoms with E-state index in [1.54, 1.807) is 0 Å². The van der Waals surface area contributed by atoms with E-state index in [2.05, 4.69) is 27.0 Å². The zero-order valence-electron chi connectivity index (χ0n) is 9.03. The third-order valence-electron chi connectivity index (χ3n) is 2.17. The molecule has 0 spiro atoms. The third kappa shape index (κ3) is 3.75. The van der Waals surface area contributed by atoms with Crippen LogP contribution < -0.4 is 5.32 Å². The normalized spacial score (nSPS) is 11.3. The van der Waals surface area contributed by atoms with Gasteiger partial charge in [0.15, 0.2) is 0 Å². The van der Waals surface area contributed by atoms with Gasteiger partial charge in [-0.2, -0.15) is 0 Å². The molecule has 0 unspecified atom stereocenters. The van der Waals surface area contributed by atoms with Crippen LogP contribution in [0.25, 0.3) is 0 Å². The maximum atomic E-state index is 4.26. The summed E-state index contributed by atoms with van der Waals surface area (Å²) in [5.41, 5.74) is 0. The Labute approximate surface area is 85.8 Å². The van der Waals surface area contributed by atoms with Crippen molar-refractivity contribution in [3.63, 3.8) is 0 Å². The minimum atomic E-state index is 0.999. The van der Waals surface area contributed by atoms with Gasteiger partial charge in [-0.15, -0.1) is 0 Å². The van der Waals surface area contributed by atoms with Crippen LogP contribution in [0.3, 0.4) is 0 Å². The van der Waals surface area contributed by atoms with Gasteiger partial charge in [0, 0.05) is 32.4 Å². The van der Waals surface area contributed by atoms with Gasteiger partial charge in [-0.05, 0) is 19.9 Å². The molecule has 0 aromatic carbocycles. The summed E-state index contributed by atoms with van der Waals surface area (Å²) < 4.78 is 2.06. The van der Waals surface area contributed by atoms with Crippen LogP contribution in [0.5, 0.6) is 0 Å². The minimum absolute atomic E-state index is 0.999. The van der Waals surface area contributed by atoms with Crippen LogP contribution in [0.4, 0.5) is 0 Å². The maximum Gasteiger partial charge on any atom is 0.109 e. The number of rotatable bonds is 6. The van der Waals surface area contributed by atoms with Gasteiger partial charge >= 0.3 is 0 Å². The molecular weight excluding hydrogens is 174 g/mol. The van der Waals surface area contributed by atoms with Gasteiger partial charge < -0.3 is 9.88 Å². The lowest BCUT2D eigenvalue weighted by atomic mass is 10.3. The number of hydrogen-bond donors (Lipinski definition) is 1. The zero-order chi connectivity index (χ0) is 10.2. The number of aryl methyl sites for hydroxylation is 1. The summed E-state index contributed by atoms with van der Waals surface area (Å²) in [7, 11) is 2.03. The molecule has 1 N–H and O–H groups in total. The predicted octanol–water partition coefficient (Wildman–Crippen LogP) is 1.52. The Morgan fingerprint density at radius 3 is 3.00 bits per heavy atom. The van der Waals surface area contributed by atoms with Crippen molar-refractivity contribution in [1.29, 1.82) is 0 Å². The van der Waals surface area contributed by atoms with Crippen LogP contribution >= 0.6 is 0 Å². The summed E-state index contributed by atoms with van der Waals surface area (Å²) in [5.74, 6) is 1.14. The molecule has 1 rings (SSSR count). The highest BCUT2D eigenvalue weighted by molar-refractivity contribution is 4.91. The molecule has 0 bridgehead atoms. The summed E-state index contributed by atoms with van der Waals surface area (Å²) >= 11 is 0. The topological polar surface area (TPSA) is 29.9 Å². The number of nitrogens with one attached hydrogen (secondary N) is 1. The van der Waals surface area contributed by atoms with Gasteiger partial charge in [0.05, 0.1) is 0 Å². The second-order valence-electron chi connectivity index (χ2n) is 3.31. The molecule has 0 aliphatic rings. The Morgan fingerprint density at radius 1 is 1.50 bits per heavy atom. The Morgan fingerprint density at radius 2 is 2.36 bits per heavy atom. The van der Waals surface area contributed by atoms with Gasteiger partial charge in [0.25, 0.3) is 0 Å². The van der Waals surface area contributed by atoms with Crippen molar-refractivity contribution < 1.29 is 0 Å². The van der Waals surface area contributed by atoms with E-state index in [0.717, 1.165) is 31.8 Å². The van der Waals surface area contributed by atoms with Crippen molar-refractivity contribution in [1.82, 2.24) is 14.9 Å². The lowest BCUT2D eigenvalue weighted by Gasteiger charge is -2.03. The molecule has 0 amide bonds. The molecule has 0 fully saturated rings. The molecule has 1 aromatic rings. The molecule has 0 aliphatic carbocycles. The highest BCUT2D eigenvalue weighted by Crippen LogP contribution is 1.93. The standard InChI is InChI=1S/C11H19N3/c1-3-4-5-7-12-8-6-11-13-9-10-14(11)2/h3-4,9-10,12H,5-8H2,1-2H3/b4-3+. The Kier molecular flexibility index (Phi) is 5.00. The van der Waals surface area contributed by atoms with Crippen LogP contribution in [-0.4, -0.2) is 22.6 Å². The second-order valence-corrected chi connectivity index (χ2v) is 3.31. The van der Waals surface area contributed by atoms with Crippen LogP contribution in [0.1, 0.15) is 19.2 Å². The Hall–Kier alpha value is -1.09. The molecule has 14 heavy (non-hydrogen) atoms. The largest absolute Gasteiger partial charge is 0.338 e. The SMILES string of the molecule is C/C=C/CCNCCc1nccn1C. The second kappa shape index (κ2) is 6.38. The fraction of sp³-hybridized carbons (Fsp3) is 0.545. The average molecular weight is 193 g/mol. The number of aromatic nitrogens is 2. The molecule has 1 heterocycles. The lowest BCUT2D eigenvalue weighted by Crippen LogP contribution is -2.19. The number of nitrogens with zero attached hydrogens (tertiary/aromatic N) is 2. The molecule has 1 aromatic heterocycles. The minimum Gasteiger partial charge on any atom is -0.338 e. The van der Waals surface area contributed by atoms with E-state index < -0.39 is 0 Å². The van der Waals surface area contributed by atoms with Crippen LogP contribution in [-0.2, 0) is 13.5 Å². The first kappa shape index (κ1) is 11.0. The monoisotopic (exact) mass is 193 g/mol. The van der Waals surface area contributed by atoms with Gasteiger partial charge in [0.2, 0.25) is 0 Å². The first-order valence-corrected chi connectivity index (χ1v) is 5.12. The number of hydrogen-bond acceptors (Lipinski definition) is 2. The van der Waals surface area contributed by atoms with Crippen LogP contribution in [0.2, 0.25) is 0 Å². The van der Waals surface area contributed by atoms with Crippen molar-refractivity contribution in [2.24, 2.45) is 7.05 Å². The molecule has 78 valence electrons. The third-order valence-corrected chi connectivity index (χ3v) is 2.17. The first-order valence-electron chi connectivity index (χ1n) is 5.12. The van der Waals surface area contributed by atoms with E-state index in [1.807, 2.05) is 26.4 Å². The van der Waals surface area contributed by atoms with Gasteiger partial charge in [-0.3, -0.25) is 0 Å². The lowest BCUT2D eigenvalue weighted by molar-refractivity contribution is 0.658. The summed E-state index contributed by atoms with van der Waals surface area (Å²) in [6.45, 7) is 4.10. The van der Waals surface area contributed by atoms with Crippen molar-refractivity contribution in [2.45, 2.75) is 19.8 Å². The Bertz CT molecular complexity index is 276. The predicted molar refractivity (Wildman–Crippen MR) is 59.2 cm³/mol. The molecular formula is C11H19N3. The molecule has 0 atom stereocenters. The molecule has 3 heteroatoms. The molecule has 3 nitrogen and oxygen atoms in total. The van der Waals surface area contributed by atoms with Crippen LogP contribution in [0.15, 0.2) is 24.5 Å². The van der Waals surface area contributed by atoms with E-state index in [1.165, 1.54) is 0 Å². The summed E-state index contributed by atoms with van der Waals surface area (Å²) in [4.78, 5) is 4.26. The molecule has 0 saturated heterocycles. The number of allylic oxidation sites excluding steroid dienone is 1. The van der Waals surface area contributed by atoms with Gasteiger partial charge in [0.1, 0.15) is 5.82 Å². The molecule has 0 aliphatic heterocycles. The smallest absolute Gasteiger partial charge is 0.109 e. The molecule has 0 saturated carbocycles. The van der Waals surface area contributed by atoms with E-state index in [9.17, 15) is 0 Å². The average Bonchev–Trinajstić information content (AvgIpc) is 2.58. The van der Waals surface area contributed by atoms with Crippen molar-refractivity contribution >= 4 is 0 Å². The molecule has 0 radical (unpaired) electrons. The zero-order valence-corrected chi connectivity index (χ0v) is 9.03. The first-order chi connectivity index (χ1) is 6.84. The van der Waals surface area contributed by atoms with Gasteiger partial charge in [-0.1, -0.05) is 12.2 Å². The maximum absolute atomic E-state index is 4.26. The van der Waals surface area contributed by atoms with E-state index >= 15 is 0 Å². The van der Waals surface area contributed by atoms with Crippen molar-refractivity contribution in [2.75, 3.05) is 13.1 Å². The van der Waals surface area contributed by atoms with Crippen LogP contribution in [0, 0.1) is 0 Å². The van der Waals surface area contributed by atoms with E-state index in [4.69, 9.17) is 0 Å². The summed E-state index contributed by atoms with van der Waals surface area (Å²) in [5, 5.41) is 3.38. The summed E-state index contributed by atoms with van der Waals surface area (Å²) in [6, 6.07) is 0. The van der Waals surface area contributed by atoms with E-state index in [0.29, 0.717) is 0 Å². The van der Waals surface area contributed by atoms with Crippen molar-refractivity contribution in [3.8, 4) is 0 Å². The fourth-order valence-electron chi connectivity index (χ4n) is 1.31. The highest BCUT2D eigenvalue weighted by atomic mass is 15.0.